The Morgan fingerprint density at radius 3 is 1.50 bits per heavy atom. The molecule has 2 N–H and O–H groups in total. The minimum absolute atomic E-state index is 0.755. The first-order valence-electron chi connectivity index (χ1n) is 7.99. The van der Waals surface area contributed by atoms with Gasteiger partial charge < -0.3 is 0 Å². The number of amides is 2. The fourth-order valence-electron chi connectivity index (χ4n) is 2.49. The summed E-state index contributed by atoms with van der Waals surface area (Å²) in [5.41, 5.74) is 6.10. The van der Waals surface area contributed by atoms with E-state index in [1.54, 1.807) is 0 Å². The second-order valence-corrected chi connectivity index (χ2v) is 6.59. The average Bonchev–Trinajstić information content (AvgIpc) is 2.58. The largest absolute Gasteiger partial charge is 0.331 e. The summed E-state index contributed by atoms with van der Waals surface area (Å²) >= 11 is 12.2. The Hall–Kier alpha value is -1.66. The Bertz CT molecular complexity index is 570. The van der Waals surface area contributed by atoms with Gasteiger partial charge in [0.1, 0.15) is 0 Å². The van der Waals surface area contributed by atoms with E-state index in [1.165, 1.54) is 12.4 Å². The lowest BCUT2D eigenvalue weighted by molar-refractivity contribution is -0.139. The van der Waals surface area contributed by atoms with Crippen LogP contribution in [0.25, 0.3) is 0 Å². The third kappa shape index (κ3) is 5.76. The number of rotatable bonds is 4. The van der Waals surface area contributed by atoms with E-state index in [4.69, 9.17) is 23.2 Å². The van der Waals surface area contributed by atoms with Crippen molar-refractivity contribution in [3.8, 4) is 0 Å². The molecule has 0 heterocycles. The zero-order valence-electron chi connectivity index (χ0n) is 13.3. The number of hydrazone groups is 2. The van der Waals surface area contributed by atoms with Crippen LogP contribution in [0.15, 0.2) is 31.4 Å². The predicted molar refractivity (Wildman–Crippen MR) is 96.0 cm³/mol. The van der Waals surface area contributed by atoms with E-state index < -0.39 is 11.8 Å². The van der Waals surface area contributed by atoms with Crippen LogP contribution >= 0.6 is 23.2 Å². The molecule has 0 saturated carbocycles. The van der Waals surface area contributed by atoms with Crippen LogP contribution in [0, 0.1) is 0 Å². The third-order valence-corrected chi connectivity index (χ3v) is 4.72. The van der Waals surface area contributed by atoms with E-state index in [-0.39, 0.29) is 0 Å². The zero-order valence-corrected chi connectivity index (χ0v) is 14.8. The summed E-state index contributed by atoms with van der Waals surface area (Å²) in [6, 6.07) is 0. The number of hydrogen-bond donors (Lipinski definition) is 2. The van der Waals surface area contributed by atoms with Gasteiger partial charge in [-0.2, -0.15) is 10.2 Å². The molecule has 0 spiro atoms. The Morgan fingerprint density at radius 2 is 1.12 bits per heavy atom. The molecule has 2 aliphatic carbocycles. The van der Waals surface area contributed by atoms with Crippen LogP contribution in [0.4, 0.5) is 0 Å². The standard InChI is InChI=1S/C16H20Cl2N4O2/c17-13-7-3-1-5-11(13)9-19-21-15(23)16(24)22-20-10-12-6-2-4-8-14(12)18/h9-10H,1-8H2,(H,21,23)(H,22,24)/b19-9-,20-10-. The number of carbonyl (C=O) groups is 2. The highest BCUT2D eigenvalue weighted by atomic mass is 35.5. The van der Waals surface area contributed by atoms with Gasteiger partial charge in [-0.1, -0.05) is 23.2 Å². The normalized spacial score (nSPS) is 19.2. The van der Waals surface area contributed by atoms with E-state index >= 15 is 0 Å². The van der Waals surface area contributed by atoms with E-state index in [0.717, 1.165) is 72.6 Å². The van der Waals surface area contributed by atoms with Gasteiger partial charge in [-0.05, 0) is 62.5 Å². The molecule has 6 nitrogen and oxygen atoms in total. The minimum atomic E-state index is -0.889. The van der Waals surface area contributed by atoms with Crippen molar-refractivity contribution >= 4 is 47.4 Å². The summed E-state index contributed by atoms with van der Waals surface area (Å²) in [7, 11) is 0. The number of nitrogens with zero attached hydrogens (tertiary/aromatic N) is 2. The lowest BCUT2D eigenvalue weighted by Gasteiger charge is -2.12. The maximum atomic E-state index is 11.6. The van der Waals surface area contributed by atoms with Crippen LogP contribution in [0.2, 0.25) is 0 Å². The first kappa shape index (κ1) is 18.7. The van der Waals surface area contributed by atoms with E-state index in [2.05, 4.69) is 21.1 Å². The molecule has 2 aliphatic rings. The van der Waals surface area contributed by atoms with Gasteiger partial charge in [0.05, 0.1) is 12.4 Å². The zero-order chi connectivity index (χ0) is 17.4. The van der Waals surface area contributed by atoms with Crippen molar-refractivity contribution in [2.24, 2.45) is 10.2 Å². The number of nitrogens with one attached hydrogen (secondary N) is 2. The highest BCUT2D eigenvalue weighted by Gasteiger charge is 2.13. The molecule has 0 unspecified atom stereocenters. The van der Waals surface area contributed by atoms with Crippen LogP contribution < -0.4 is 10.9 Å². The second-order valence-electron chi connectivity index (χ2n) is 5.67. The van der Waals surface area contributed by atoms with Crippen molar-refractivity contribution in [1.29, 1.82) is 0 Å². The molecule has 0 radical (unpaired) electrons. The maximum Gasteiger partial charge on any atom is 0.331 e. The topological polar surface area (TPSA) is 82.9 Å². The Kier molecular flexibility index (Phi) is 7.46. The van der Waals surface area contributed by atoms with Gasteiger partial charge in [0.2, 0.25) is 0 Å². The highest BCUT2D eigenvalue weighted by Crippen LogP contribution is 2.26. The van der Waals surface area contributed by atoms with Crippen molar-refractivity contribution in [2.45, 2.75) is 51.4 Å². The molecule has 0 bridgehead atoms. The van der Waals surface area contributed by atoms with Gasteiger partial charge in [-0.25, -0.2) is 10.9 Å². The molecular weight excluding hydrogens is 351 g/mol. The third-order valence-electron chi connectivity index (χ3n) is 3.86. The molecule has 24 heavy (non-hydrogen) atoms. The molecular formula is C16H20Cl2N4O2. The number of carbonyl (C=O) groups excluding carboxylic acids is 2. The second kappa shape index (κ2) is 9.59. The van der Waals surface area contributed by atoms with Crippen LogP contribution in [0.1, 0.15) is 51.4 Å². The van der Waals surface area contributed by atoms with E-state index in [0.29, 0.717) is 0 Å². The molecule has 0 fully saturated rings. The molecule has 2 rings (SSSR count). The summed E-state index contributed by atoms with van der Waals surface area (Å²) in [5, 5.41) is 9.04. The van der Waals surface area contributed by atoms with Gasteiger partial charge in [-0.3, -0.25) is 9.59 Å². The smallest absolute Gasteiger partial charge is 0.262 e. The van der Waals surface area contributed by atoms with Crippen LogP contribution in [-0.2, 0) is 9.59 Å². The number of allylic oxidation sites excluding steroid dienone is 4. The van der Waals surface area contributed by atoms with Crippen LogP contribution in [-0.4, -0.2) is 24.2 Å². The van der Waals surface area contributed by atoms with E-state index in [9.17, 15) is 9.59 Å². The predicted octanol–water partition coefficient (Wildman–Crippen LogP) is 3.32. The molecule has 130 valence electrons. The quantitative estimate of drug-likeness (QED) is 0.451. The molecule has 0 saturated heterocycles. The molecule has 0 atom stereocenters. The molecule has 0 aromatic carbocycles. The fraction of sp³-hybridized carbons (Fsp3) is 0.500. The fourth-order valence-corrected chi connectivity index (χ4v) is 3.05. The Labute approximate surface area is 151 Å². The van der Waals surface area contributed by atoms with Gasteiger partial charge in [0, 0.05) is 10.1 Å². The monoisotopic (exact) mass is 370 g/mol. The summed E-state index contributed by atoms with van der Waals surface area (Å²) in [5.74, 6) is -1.78. The van der Waals surface area contributed by atoms with Gasteiger partial charge in [-0.15, -0.1) is 0 Å². The summed E-state index contributed by atoms with van der Waals surface area (Å²) in [6.45, 7) is 0. The molecule has 0 aromatic rings. The van der Waals surface area contributed by atoms with E-state index in [1.807, 2.05) is 0 Å². The molecule has 2 amide bonds. The maximum absolute atomic E-state index is 11.6. The molecule has 0 aromatic heterocycles. The Morgan fingerprint density at radius 1 is 0.750 bits per heavy atom. The molecule has 0 aliphatic heterocycles. The highest BCUT2D eigenvalue weighted by molar-refractivity contribution is 6.35. The van der Waals surface area contributed by atoms with Crippen molar-refractivity contribution < 1.29 is 9.59 Å². The van der Waals surface area contributed by atoms with Gasteiger partial charge in [0.15, 0.2) is 0 Å². The van der Waals surface area contributed by atoms with Crippen LogP contribution in [0.5, 0.6) is 0 Å². The lowest BCUT2D eigenvalue weighted by Crippen LogP contribution is -2.35. The van der Waals surface area contributed by atoms with Crippen molar-refractivity contribution in [3.05, 3.63) is 21.2 Å². The summed E-state index contributed by atoms with van der Waals surface area (Å²) in [4.78, 5) is 23.2. The van der Waals surface area contributed by atoms with Crippen LogP contribution in [0.3, 0.4) is 0 Å². The number of hydrogen-bond acceptors (Lipinski definition) is 4. The summed E-state index contributed by atoms with van der Waals surface area (Å²) < 4.78 is 0. The first-order chi connectivity index (χ1) is 11.6. The summed E-state index contributed by atoms with van der Waals surface area (Å²) in [6.07, 6.45) is 10.5. The van der Waals surface area contributed by atoms with Crippen molar-refractivity contribution in [3.63, 3.8) is 0 Å². The number of halogens is 2. The lowest BCUT2D eigenvalue weighted by atomic mass is 10.0. The molecule has 8 heteroatoms. The van der Waals surface area contributed by atoms with Gasteiger partial charge >= 0.3 is 11.8 Å². The van der Waals surface area contributed by atoms with Crippen molar-refractivity contribution in [2.75, 3.05) is 0 Å². The first-order valence-corrected chi connectivity index (χ1v) is 8.75. The Balaban J connectivity index is 1.79. The van der Waals surface area contributed by atoms with Crippen molar-refractivity contribution in [1.82, 2.24) is 10.9 Å². The van der Waals surface area contributed by atoms with Gasteiger partial charge in [0.25, 0.3) is 0 Å². The SMILES string of the molecule is O=C(N/N=C\C1=C(Cl)CCCC1)C(=O)N/N=C\C1=C(Cl)CCCC1. The average molecular weight is 371 g/mol. The minimum Gasteiger partial charge on any atom is -0.262 e.